The van der Waals surface area contributed by atoms with Gasteiger partial charge in [0.15, 0.2) is 17.6 Å². The van der Waals surface area contributed by atoms with E-state index in [0.717, 1.165) is 34.6 Å². The van der Waals surface area contributed by atoms with Gasteiger partial charge in [0.1, 0.15) is 29.1 Å². The Labute approximate surface area is 278 Å². The Kier molecular flexibility index (Phi) is 11.0. The summed E-state index contributed by atoms with van der Waals surface area (Å²) in [5.41, 5.74) is 0.360. The van der Waals surface area contributed by atoms with E-state index in [4.69, 9.17) is 37.9 Å². The van der Waals surface area contributed by atoms with Crippen LogP contribution in [0.25, 0.3) is 0 Å². The van der Waals surface area contributed by atoms with Crippen LogP contribution in [0.3, 0.4) is 0 Å². The minimum absolute atomic E-state index is 0.000114. The van der Waals surface area contributed by atoms with Gasteiger partial charge in [-0.2, -0.15) is 0 Å². The first-order valence-corrected chi connectivity index (χ1v) is 14.5. The molecule has 49 heavy (non-hydrogen) atoms. The van der Waals surface area contributed by atoms with E-state index in [1.165, 1.54) is 55.5 Å². The summed E-state index contributed by atoms with van der Waals surface area (Å²) in [6, 6.07) is 10.8. The van der Waals surface area contributed by atoms with E-state index >= 15 is 0 Å². The molecule has 15 nitrogen and oxygen atoms in total. The molecule has 0 amide bonds. The van der Waals surface area contributed by atoms with E-state index in [1.54, 1.807) is 0 Å². The summed E-state index contributed by atoms with van der Waals surface area (Å²) in [5.74, 6) is -6.35. The highest BCUT2D eigenvalue weighted by Gasteiger charge is 2.39. The molecule has 3 aromatic rings. The third-order valence-electron chi connectivity index (χ3n) is 6.37. The first kappa shape index (κ1) is 35.6. The van der Waals surface area contributed by atoms with Crippen LogP contribution in [0.1, 0.15) is 69.1 Å². The third kappa shape index (κ3) is 9.41. The predicted molar refractivity (Wildman–Crippen MR) is 163 cm³/mol. The van der Waals surface area contributed by atoms with Crippen LogP contribution in [0.2, 0.25) is 0 Å². The Bertz CT molecular complexity index is 1820. The Morgan fingerprint density at radius 2 is 1.12 bits per heavy atom. The number of benzene rings is 3. The second-order valence-corrected chi connectivity index (χ2v) is 10.5. The van der Waals surface area contributed by atoms with Gasteiger partial charge >= 0.3 is 41.8 Å². The van der Waals surface area contributed by atoms with E-state index in [0.29, 0.717) is 0 Å². The number of carbonyl (C=O) groups excluding carboxylic acids is 7. The lowest BCUT2D eigenvalue weighted by Crippen LogP contribution is -2.35. The van der Waals surface area contributed by atoms with Gasteiger partial charge in [-0.3, -0.25) is 28.8 Å². The summed E-state index contributed by atoms with van der Waals surface area (Å²) in [5, 5.41) is 0. The van der Waals surface area contributed by atoms with Gasteiger partial charge in [-0.05, 0) is 30.3 Å². The fraction of sp³-hybridized carbons (Fsp3) is 0.265. The van der Waals surface area contributed by atoms with Crippen molar-refractivity contribution in [2.75, 3.05) is 0 Å². The molecular weight excluding hydrogens is 648 g/mol. The quantitative estimate of drug-likeness (QED) is 0.231. The SMILES string of the molecule is CC(=O)Oc1cccc(C(=O)O[C@@H]2Cc3c(OC(C)=O)cc(OC(C)=O)cc3O[C@H]2c2cc(OC(C)=O)c(OC(C)=O)c(OC(C)=O)c2)c1. The van der Waals surface area contributed by atoms with E-state index in [-0.39, 0.29) is 63.4 Å². The van der Waals surface area contributed by atoms with Gasteiger partial charge in [0.25, 0.3) is 0 Å². The molecule has 0 aromatic heterocycles. The maximum absolute atomic E-state index is 13.5. The summed E-state index contributed by atoms with van der Waals surface area (Å²) in [6.07, 6.45) is -2.67. The van der Waals surface area contributed by atoms with Gasteiger partial charge in [-0.15, -0.1) is 0 Å². The van der Waals surface area contributed by atoms with Crippen molar-refractivity contribution < 1.29 is 71.5 Å². The number of rotatable bonds is 9. The second kappa shape index (κ2) is 15.1. The molecule has 3 aromatic carbocycles. The number of carbonyl (C=O) groups is 7. The minimum Gasteiger partial charge on any atom is -0.481 e. The van der Waals surface area contributed by atoms with Crippen molar-refractivity contribution in [3.8, 4) is 40.2 Å². The molecule has 256 valence electrons. The van der Waals surface area contributed by atoms with Crippen molar-refractivity contribution in [1.29, 1.82) is 0 Å². The molecule has 2 atom stereocenters. The van der Waals surface area contributed by atoms with Crippen molar-refractivity contribution in [1.82, 2.24) is 0 Å². The zero-order chi connectivity index (χ0) is 36.0. The van der Waals surface area contributed by atoms with Crippen LogP contribution < -0.4 is 33.2 Å². The standard InChI is InChI=1S/C34H30O15/c1-16(35)42-24-9-7-8-22(10-24)34(41)49-31-15-26-27(44-18(3)37)13-25(43-17(2)36)14-28(26)48-32(31)23-11-29(45-19(4)38)33(47-21(6)40)30(12-23)46-20(5)39/h7-14,31-32H,15H2,1-6H3/t31-,32+/m1/s1. The average Bonchev–Trinajstić information content (AvgIpc) is 2.97. The third-order valence-corrected chi connectivity index (χ3v) is 6.37. The van der Waals surface area contributed by atoms with Crippen LogP contribution in [0, 0.1) is 0 Å². The van der Waals surface area contributed by atoms with Gasteiger partial charge in [-0.1, -0.05) is 6.07 Å². The maximum atomic E-state index is 13.5. The molecule has 0 aliphatic carbocycles. The molecule has 0 unspecified atom stereocenters. The van der Waals surface area contributed by atoms with Crippen LogP contribution in [0.4, 0.5) is 0 Å². The van der Waals surface area contributed by atoms with Crippen LogP contribution >= 0.6 is 0 Å². The molecule has 1 aliphatic rings. The zero-order valence-corrected chi connectivity index (χ0v) is 27.1. The Morgan fingerprint density at radius 3 is 1.67 bits per heavy atom. The molecule has 0 radical (unpaired) electrons. The van der Waals surface area contributed by atoms with Crippen molar-refractivity contribution in [2.45, 2.75) is 60.2 Å². The number of hydrogen-bond donors (Lipinski definition) is 0. The highest BCUT2D eigenvalue weighted by atomic mass is 16.6. The lowest BCUT2D eigenvalue weighted by Gasteiger charge is -2.34. The molecule has 0 saturated heterocycles. The maximum Gasteiger partial charge on any atom is 0.338 e. The largest absolute Gasteiger partial charge is 0.481 e. The first-order valence-electron chi connectivity index (χ1n) is 14.5. The summed E-state index contributed by atoms with van der Waals surface area (Å²) >= 11 is 0. The van der Waals surface area contributed by atoms with Crippen LogP contribution in [0.5, 0.6) is 40.2 Å². The Morgan fingerprint density at radius 1 is 0.592 bits per heavy atom. The normalized spacial score (nSPS) is 14.6. The molecule has 1 aliphatic heterocycles. The monoisotopic (exact) mass is 678 g/mol. The lowest BCUT2D eigenvalue weighted by atomic mass is 9.93. The molecule has 4 rings (SSSR count). The number of ether oxygens (including phenoxy) is 8. The smallest absolute Gasteiger partial charge is 0.338 e. The molecule has 0 bridgehead atoms. The Balaban J connectivity index is 1.90. The summed E-state index contributed by atoms with van der Waals surface area (Å²) in [7, 11) is 0. The van der Waals surface area contributed by atoms with E-state index in [9.17, 15) is 33.6 Å². The number of hydrogen-bond acceptors (Lipinski definition) is 15. The number of fused-ring (bicyclic) bond motifs is 1. The van der Waals surface area contributed by atoms with Gasteiger partial charge in [0.05, 0.1) is 5.56 Å². The average molecular weight is 679 g/mol. The van der Waals surface area contributed by atoms with Gasteiger partial charge in [-0.25, -0.2) is 4.79 Å². The lowest BCUT2D eigenvalue weighted by molar-refractivity contribution is -0.135. The Hall–Kier alpha value is -6.25. The van der Waals surface area contributed by atoms with Crippen molar-refractivity contribution >= 4 is 41.8 Å². The van der Waals surface area contributed by atoms with Gasteiger partial charge < -0.3 is 37.9 Å². The first-order chi connectivity index (χ1) is 23.1. The second-order valence-electron chi connectivity index (χ2n) is 10.5. The van der Waals surface area contributed by atoms with Gasteiger partial charge in [0.2, 0.25) is 5.75 Å². The highest BCUT2D eigenvalue weighted by molar-refractivity contribution is 5.90. The fourth-order valence-corrected chi connectivity index (χ4v) is 4.80. The van der Waals surface area contributed by atoms with E-state index < -0.39 is 54.0 Å². The van der Waals surface area contributed by atoms with Crippen molar-refractivity contribution in [2.24, 2.45) is 0 Å². The van der Waals surface area contributed by atoms with Crippen LogP contribution in [-0.4, -0.2) is 47.9 Å². The highest BCUT2D eigenvalue weighted by Crippen LogP contribution is 2.47. The number of esters is 7. The molecule has 0 spiro atoms. The minimum atomic E-state index is -1.28. The molecule has 0 N–H and O–H groups in total. The summed E-state index contributed by atoms with van der Waals surface area (Å²) in [4.78, 5) is 84.9. The van der Waals surface area contributed by atoms with Crippen molar-refractivity contribution in [3.05, 3.63) is 65.2 Å². The molecular formula is C34H30O15. The van der Waals surface area contributed by atoms with Crippen LogP contribution in [-0.2, 0) is 39.9 Å². The predicted octanol–water partition coefficient (Wildman–Crippen LogP) is 4.14. The van der Waals surface area contributed by atoms with Crippen molar-refractivity contribution in [3.63, 3.8) is 0 Å². The molecule has 1 heterocycles. The zero-order valence-electron chi connectivity index (χ0n) is 27.1. The van der Waals surface area contributed by atoms with E-state index in [2.05, 4.69) is 0 Å². The van der Waals surface area contributed by atoms with Crippen LogP contribution in [0.15, 0.2) is 48.5 Å². The van der Waals surface area contributed by atoms with E-state index in [1.807, 2.05) is 0 Å². The topological polar surface area (TPSA) is 193 Å². The molecule has 15 heteroatoms. The molecule has 0 saturated carbocycles. The van der Waals surface area contributed by atoms with Gasteiger partial charge in [0, 0.05) is 71.2 Å². The summed E-state index contributed by atoms with van der Waals surface area (Å²) in [6.45, 7) is 6.77. The molecule has 0 fully saturated rings. The fourth-order valence-electron chi connectivity index (χ4n) is 4.80. The summed E-state index contributed by atoms with van der Waals surface area (Å²) < 4.78 is 43.7.